The van der Waals surface area contributed by atoms with Crippen LogP contribution in [0.3, 0.4) is 0 Å². The summed E-state index contributed by atoms with van der Waals surface area (Å²) < 4.78 is 4.00. The fourth-order valence-corrected chi connectivity index (χ4v) is 5.05. The van der Waals surface area contributed by atoms with Gasteiger partial charge in [0.1, 0.15) is 0 Å². The van der Waals surface area contributed by atoms with Gasteiger partial charge in [-0.2, -0.15) is 5.10 Å². The highest BCUT2D eigenvalue weighted by Gasteiger charge is 2.31. The van der Waals surface area contributed by atoms with E-state index in [1.54, 1.807) is 4.68 Å². The van der Waals surface area contributed by atoms with Crippen LogP contribution in [0.15, 0.2) is 54.7 Å². The number of aliphatic carboxylic acids is 1. The van der Waals surface area contributed by atoms with Crippen LogP contribution < -0.4 is 5.32 Å². The molecule has 1 aliphatic rings. The van der Waals surface area contributed by atoms with Gasteiger partial charge in [0.05, 0.1) is 29.9 Å². The van der Waals surface area contributed by atoms with Crippen molar-refractivity contribution in [2.75, 3.05) is 5.32 Å². The lowest BCUT2D eigenvalue weighted by Crippen LogP contribution is -2.15. The zero-order valence-electron chi connectivity index (χ0n) is 18.7. The van der Waals surface area contributed by atoms with E-state index in [4.69, 9.17) is 5.11 Å². The largest absolute Gasteiger partial charge is 0.481 e. The molecule has 7 heteroatoms. The first-order valence-electron chi connectivity index (χ1n) is 11.1. The van der Waals surface area contributed by atoms with Crippen molar-refractivity contribution in [2.24, 2.45) is 0 Å². The smallest absolute Gasteiger partial charge is 0.305 e. The summed E-state index contributed by atoms with van der Waals surface area (Å²) in [6, 6.07) is 16.3. The molecule has 0 bridgehead atoms. The van der Waals surface area contributed by atoms with E-state index in [2.05, 4.69) is 39.4 Å². The van der Waals surface area contributed by atoms with Gasteiger partial charge in [-0.25, -0.2) is 0 Å². The van der Waals surface area contributed by atoms with Gasteiger partial charge in [0.15, 0.2) is 0 Å². The normalized spacial score (nSPS) is 15.5. The second kappa shape index (κ2) is 8.24. The van der Waals surface area contributed by atoms with Gasteiger partial charge < -0.3 is 15.0 Å². The van der Waals surface area contributed by atoms with Gasteiger partial charge in [0.2, 0.25) is 5.91 Å². The van der Waals surface area contributed by atoms with E-state index in [0.29, 0.717) is 13.0 Å². The zero-order chi connectivity index (χ0) is 23.1. The third kappa shape index (κ3) is 3.80. The lowest BCUT2D eigenvalue weighted by molar-refractivity contribution is -0.137. The number of nitrogens with zero attached hydrogens (tertiary/aromatic N) is 3. The molecule has 1 atom stereocenters. The summed E-state index contributed by atoms with van der Waals surface area (Å²) >= 11 is 0. The summed E-state index contributed by atoms with van der Waals surface area (Å²) in [6.07, 6.45) is 2.48. The molecular weight excluding hydrogens is 416 g/mol. The topological polar surface area (TPSA) is 89.2 Å². The van der Waals surface area contributed by atoms with Crippen LogP contribution in [0.2, 0.25) is 0 Å². The zero-order valence-corrected chi connectivity index (χ0v) is 18.7. The molecule has 0 spiro atoms. The molecule has 1 amide bonds. The molecule has 5 rings (SSSR count). The van der Waals surface area contributed by atoms with E-state index in [1.807, 2.05) is 44.2 Å². The third-order valence-corrected chi connectivity index (χ3v) is 6.49. The van der Waals surface area contributed by atoms with E-state index in [1.165, 1.54) is 5.56 Å². The van der Waals surface area contributed by atoms with Crippen LogP contribution in [0.1, 0.15) is 46.8 Å². The highest BCUT2D eigenvalue weighted by molar-refractivity contribution is 6.06. The Bertz CT molecular complexity index is 1370. The summed E-state index contributed by atoms with van der Waals surface area (Å²) in [7, 11) is 0. The Labute approximate surface area is 191 Å². The second-order valence-corrected chi connectivity index (χ2v) is 8.65. The van der Waals surface area contributed by atoms with Gasteiger partial charge in [0, 0.05) is 41.7 Å². The van der Waals surface area contributed by atoms with Crippen LogP contribution in [0.5, 0.6) is 0 Å². The maximum Gasteiger partial charge on any atom is 0.305 e. The Kier molecular flexibility index (Phi) is 5.24. The highest BCUT2D eigenvalue weighted by atomic mass is 16.4. The van der Waals surface area contributed by atoms with Crippen molar-refractivity contribution in [1.29, 1.82) is 0 Å². The van der Waals surface area contributed by atoms with Gasteiger partial charge >= 0.3 is 5.97 Å². The fraction of sp³-hybridized carbons (Fsp3) is 0.269. The summed E-state index contributed by atoms with van der Waals surface area (Å²) in [5.74, 6) is -1.05. The van der Waals surface area contributed by atoms with Gasteiger partial charge in [-0.15, -0.1) is 0 Å². The average Bonchev–Trinajstić information content (AvgIpc) is 3.24. The molecule has 4 aromatic rings. The monoisotopic (exact) mass is 442 g/mol. The predicted molar refractivity (Wildman–Crippen MR) is 127 cm³/mol. The van der Waals surface area contributed by atoms with E-state index >= 15 is 0 Å². The van der Waals surface area contributed by atoms with Crippen LogP contribution in [0, 0.1) is 13.8 Å². The van der Waals surface area contributed by atoms with Crippen molar-refractivity contribution in [1.82, 2.24) is 14.3 Å². The van der Waals surface area contributed by atoms with Crippen LogP contribution in [0.25, 0.3) is 10.9 Å². The molecule has 1 aliphatic heterocycles. The van der Waals surface area contributed by atoms with E-state index < -0.39 is 5.97 Å². The molecule has 2 aromatic heterocycles. The van der Waals surface area contributed by atoms with Gasteiger partial charge in [-0.3, -0.25) is 14.3 Å². The van der Waals surface area contributed by atoms with Crippen molar-refractivity contribution in [2.45, 2.75) is 45.7 Å². The average molecular weight is 443 g/mol. The molecule has 7 nitrogen and oxygen atoms in total. The number of carboxylic acids is 1. The highest BCUT2D eigenvalue weighted by Crippen LogP contribution is 2.42. The lowest BCUT2D eigenvalue weighted by Gasteiger charge is -2.15. The van der Waals surface area contributed by atoms with Gasteiger partial charge in [-0.1, -0.05) is 36.4 Å². The number of hydrogen-bond acceptors (Lipinski definition) is 3. The van der Waals surface area contributed by atoms with Crippen molar-refractivity contribution in [3.05, 3.63) is 82.8 Å². The number of anilines is 1. The maximum absolute atomic E-state index is 12.9. The SMILES string of the molecule is Cc1nn(CCC(=O)O)c(C)c1[C@H]1CC(=O)Nc2cccc3c2c1cn3Cc1ccccc1. The first kappa shape index (κ1) is 21.0. The molecule has 0 fully saturated rings. The number of benzene rings is 2. The van der Waals surface area contributed by atoms with Gasteiger partial charge in [-0.05, 0) is 37.1 Å². The van der Waals surface area contributed by atoms with Crippen LogP contribution in [-0.2, 0) is 22.7 Å². The standard InChI is InChI=1S/C26H26N4O3/c1-16-25(17(2)30(28-16)12-11-24(32)33)19-13-23(31)27-21-9-6-10-22-26(21)20(19)15-29(22)14-18-7-4-3-5-8-18/h3-10,15,19H,11-14H2,1-2H3,(H,27,31)(H,32,33)/t19-/m0/s1. The molecule has 0 radical (unpaired) electrons. The van der Waals surface area contributed by atoms with Crippen molar-refractivity contribution >= 4 is 28.5 Å². The van der Waals surface area contributed by atoms with Crippen LogP contribution in [-0.4, -0.2) is 31.3 Å². The minimum Gasteiger partial charge on any atom is -0.481 e. The third-order valence-electron chi connectivity index (χ3n) is 6.49. The number of carbonyl (C=O) groups is 2. The van der Waals surface area contributed by atoms with Gasteiger partial charge in [0.25, 0.3) is 0 Å². The summed E-state index contributed by atoms with van der Waals surface area (Å²) in [5, 5.41) is 17.9. The Morgan fingerprint density at radius 1 is 1.15 bits per heavy atom. The number of nitrogens with one attached hydrogen (secondary N) is 1. The molecule has 0 saturated heterocycles. The quantitative estimate of drug-likeness (QED) is 0.462. The number of rotatable bonds is 6. The number of carbonyl (C=O) groups excluding carboxylic acids is 1. The summed E-state index contributed by atoms with van der Waals surface area (Å²) in [4.78, 5) is 24.0. The van der Waals surface area contributed by atoms with Crippen LogP contribution >= 0.6 is 0 Å². The van der Waals surface area contributed by atoms with Crippen molar-refractivity contribution < 1.29 is 14.7 Å². The number of hydrogen-bond donors (Lipinski definition) is 2. The Balaban J connectivity index is 1.65. The van der Waals surface area contributed by atoms with Crippen molar-refractivity contribution in [3.8, 4) is 0 Å². The summed E-state index contributed by atoms with van der Waals surface area (Å²) in [5.41, 5.74) is 6.96. The molecule has 33 heavy (non-hydrogen) atoms. The minimum atomic E-state index is -0.855. The number of amides is 1. The summed E-state index contributed by atoms with van der Waals surface area (Å²) in [6.45, 7) is 4.94. The van der Waals surface area contributed by atoms with E-state index in [-0.39, 0.29) is 18.2 Å². The molecule has 2 aromatic carbocycles. The molecule has 0 saturated carbocycles. The first-order chi connectivity index (χ1) is 15.9. The molecule has 0 unspecified atom stereocenters. The molecule has 3 heterocycles. The molecule has 2 N–H and O–H groups in total. The van der Waals surface area contributed by atoms with E-state index in [0.717, 1.165) is 45.6 Å². The Morgan fingerprint density at radius 2 is 1.94 bits per heavy atom. The predicted octanol–water partition coefficient (Wildman–Crippen LogP) is 4.45. The Hall–Kier alpha value is -3.87. The Morgan fingerprint density at radius 3 is 2.70 bits per heavy atom. The number of carboxylic acid groups (broad SMARTS) is 1. The molecule has 168 valence electrons. The minimum absolute atomic E-state index is 0.00703. The molecular formula is C26H26N4O3. The van der Waals surface area contributed by atoms with Crippen molar-refractivity contribution in [3.63, 3.8) is 0 Å². The van der Waals surface area contributed by atoms with E-state index in [9.17, 15) is 9.59 Å². The first-order valence-corrected chi connectivity index (χ1v) is 11.1. The second-order valence-electron chi connectivity index (χ2n) is 8.65. The molecule has 0 aliphatic carbocycles. The maximum atomic E-state index is 12.9. The lowest BCUT2D eigenvalue weighted by atomic mass is 9.87. The fourth-order valence-electron chi connectivity index (χ4n) is 5.05. The number of aromatic nitrogens is 3. The van der Waals surface area contributed by atoms with Crippen LogP contribution in [0.4, 0.5) is 5.69 Å². The number of aryl methyl sites for hydroxylation is 2.